The summed E-state index contributed by atoms with van der Waals surface area (Å²) in [5.74, 6) is 0.185. The van der Waals surface area contributed by atoms with Crippen LogP contribution in [-0.2, 0) is 11.3 Å². The molecule has 0 heterocycles. The van der Waals surface area contributed by atoms with Crippen molar-refractivity contribution in [3.05, 3.63) is 33.9 Å². The van der Waals surface area contributed by atoms with Crippen LogP contribution in [0.4, 0.5) is 5.69 Å². The standard InChI is InChI=1S/C11H16N2O5/c12-8-9-1-2-11(10(7-9)13(15)16)18-6-5-17-4-3-14/h1-2,7,14H,3-6,8,12H2. The molecule has 1 rings (SSSR count). The number of ether oxygens (including phenoxy) is 2. The molecule has 7 nitrogen and oxygen atoms in total. The Labute approximate surface area is 104 Å². The van der Waals surface area contributed by atoms with Gasteiger partial charge in [-0.15, -0.1) is 0 Å². The smallest absolute Gasteiger partial charge is 0.311 e. The molecule has 0 aliphatic heterocycles. The van der Waals surface area contributed by atoms with E-state index in [1.807, 2.05) is 0 Å². The second kappa shape index (κ2) is 7.59. The summed E-state index contributed by atoms with van der Waals surface area (Å²) in [7, 11) is 0. The van der Waals surface area contributed by atoms with Gasteiger partial charge in [-0.1, -0.05) is 6.07 Å². The molecule has 1 aromatic rings. The fraction of sp³-hybridized carbons (Fsp3) is 0.455. The molecule has 100 valence electrons. The molecule has 0 radical (unpaired) electrons. The summed E-state index contributed by atoms with van der Waals surface area (Å²) in [6.45, 7) is 0.836. The number of benzene rings is 1. The van der Waals surface area contributed by atoms with Crippen LogP contribution in [0, 0.1) is 10.1 Å². The van der Waals surface area contributed by atoms with E-state index >= 15 is 0 Å². The van der Waals surface area contributed by atoms with Crippen molar-refractivity contribution in [2.45, 2.75) is 6.54 Å². The summed E-state index contributed by atoms with van der Waals surface area (Å²) in [4.78, 5) is 10.3. The SMILES string of the molecule is NCc1ccc(OCCOCCO)c([N+](=O)[O-])c1. The number of nitro benzene ring substituents is 1. The second-order valence-electron chi connectivity index (χ2n) is 3.45. The van der Waals surface area contributed by atoms with Crippen LogP contribution in [-0.4, -0.2) is 36.5 Å². The third kappa shape index (κ3) is 4.28. The molecule has 1 aromatic carbocycles. The van der Waals surface area contributed by atoms with Crippen molar-refractivity contribution in [1.29, 1.82) is 0 Å². The molecule has 0 aliphatic rings. The highest BCUT2D eigenvalue weighted by atomic mass is 16.6. The zero-order valence-corrected chi connectivity index (χ0v) is 9.87. The zero-order chi connectivity index (χ0) is 13.4. The van der Waals surface area contributed by atoms with E-state index in [0.29, 0.717) is 5.56 Å². The van der Waals surface area contributed by atoms with Gasteiger partial charge in [0.25, 0.3) is 0 Å². The van der Waals surface area contributed by atoms with Crippen LogP contribution in [0.25, 0.3) is 0 Å². The van der Waals surface area contributed by atoms with Gasteiger partial charge in [0, 0.05) is 12.6 Å². The molecule has 0 aliphatic carbocycles. The maximum atomic E-state index is 10.8. The van der Waals surface area contributed by atoms with Gasteiger partial charge in [0.15, 0.2) is 5.75 Å². The van der Waals surface area contributed by atoms with Crippen molar-refractivity contribution in [3.63, 3.8) is 0 Å². The van der Waals surface area contributed by atoms with Crippen LogP contribution in [0.5, 0.6) is 5.75 Å². The number of nitrogens with zero attached hydrogens (tertiary/aromatic N) is 1. The van der Waals surface area contributed by atoms with E-state index < -0.39 is 4.92 Å². The maximum Gasteiger partial charge on any atom is 0.311 e. The normalized spacial score (nSPS) is 10.3. The van der Waals surface area contributed by atoms with E-state index in [0.717, 1.165) is 0 Å². The zero-order valence-electron chi connectivity index (χ0n) is 9.87. The van der Waals surface area contributed by atoms with Gasteiger partial charge in [-0.05, 0) is 11.6 Å². The molecular formula is C11H16N2O5. The Morgan fingerprint density at radius 3 is 2.72 bits per heavy atom. The summed E-state index contributed by atoms with van der Waals surface area (Å²) in [5.41, 5.74) is 5.98. The first-order valence-corrected chi connectivity index (χ1v) is 5.47. The molecule has 0 bridgehead atoms. The molecule has 0 aromatic heterocycles. The van der Waals surface area contributed by atoms with Gasteiger partial charge in [-0.3, -0.25) is 10.1 Å². The number of nitro groups is 1. The Kier molecular flexibility index (Phi) is 6.06. The Hall–Kier alpha value is -1.70. The lowest BCUT2D eigenvalue weighted by Gasteiger charge is -2.08. The van der Waals surface area contributed by atoms with Gasteiger partial charge >= 0.3 is 5.69 Å². The lowest BCUT2D eigenvalue weighted by molar-refractivity contribution is -0.385. The van der Waals surface area contributed by atoms with E-state index in [1.165, 1.54) is 12.1 Å². The molecule has 0 fully saturated rings. The first-order chi connectivity index (χ1) is 8.69. The quantitative estimate of drug-likeness (QED) is 0.397. The first kappa shape index (κ1) is 14.4. The molecule has 18 heavy (non-hydrogen) atoms. The van der Waals surface area contributed by atoms with Crippen LogP contribution < -0.4 is 10.5 Å². The van der Waals surface area contributed by atoms with E-state index in [-0.39, 0.29) is 44.4 Å². The van der Waals surface area contributed by atoms with E-state index in [4.69, 9.17) is 20.3 Å². The lowest BCUT2D eigenvalue weighted by Crippen LogP contribution is -2.10. The second-order valence-corrected chi connectivity index (χ2v) is 3.45. The van der Waals surface area contributed by atoms with Crippen molar-refractivity contribution >= 4 is 5.69 Å². The van der Waals surface area contributed by atoms with Gasteiger partial charge in [-0.2, -0.15) is 0 Å². The summed E-state index contributed by atoms with van der Waals surface area (Å²) < 4.78 is 10.2. The minimum Gasteiger partial charge on any atom is -0.484 e. The Morgan fingerprint density at radius 1 is 1.33 bits per heavy atom. The number of aliphatic hydroxyl groups excluding tert-OH is 1. The van der Waals surface area contributed by atoms with E-state index in [9.17, 15) is 10.1 Å². The fourth-order valence-corrected chi connectivity index (χ4v) is 1.33. The van der Waals surface area contributed by atoms with Crippen LogP contribution >= 0.6 is 0 Å². The highest BCUT2D eigenvalue weighted by Gasteiger charge is 2.15. The van der Waals surface area contributed by atoms with Crippen LogP contribution in [0.15, 0.2) is 18.2 Å². The van der Waals surface area contributed by atoms with E-state index in [2.05, 4.69) is 0 Å². The molecule has 0 saturated carbocycles. The Morgan fingerprint density at radius 2 is 2.11 bits per heavy atom. The van der Waals surface area contributed by atoms with Crippen molar-refractivity contribution in [2.24, 2.45) is 5.73 Å². The topological polar surface area (TPSA) is 108 Å². The lowest BCUT2D eigenvalue weighted by atomic mass is 10.2. The number of nitrogens with two attached hydrogens (primary N) is 1. The highest BCUT2D eigenvalue weighted by molar-refractivity contribution is 5.48. The van der Waals surface area contributed by atoms with Crippen molar-refractivity contribution < 1.29 is 19.5 Å². The van der Waals surface area contributed by atoms with Gasteiger partial charge in [0.05, 0.1) is 24.7 Å². The van der Waals surface area contributed by atoms with Crippen LogP contribution in [0.2, 0.25) is 0 Å². The largest absolute Gasteiger partial charge is 0.484 e. The molecule has 0 atom stereocenters. The average molecular weight is 256 g/mol. The minimum atomic E-state index is -0.511. The van der Waals surface area contributed by atoms with Gasteiger partial charge < -0.3 is 20.3 Å². The molecule has 0 saturated heterocycles. The number of aliphatic hydroxyl groups is 1. The van der Waals surface area contributed by atoms with Gasteiger partial charge in [0.2, 0.25) is 0 Å². The maximum absolute atomic E-state index is 10.8. The molecule has 0 amide bonds. The van der Waals surface area contributed by atoms with Crippen molar-refractivity contribution in [1.82, 2.24) is 0 Å². The molecule has 3 N–H and O–H groups in total. The number of hydrogen-bond donors (Lipinski definition) is 2. The summed E-state index contributed by atoms with van der Waals surface area (Å²) in [5, 5.41) is 19.3. The fourth-order valence-electron chi connectivity index (χ4n) is 1.33. The van der Waals surface area contributed by atoms with Crippen LogP contribution in [0.3, 0.4) is 0 Å². The third-order valence-corrected chi connectivity index (χ3v) is 2.18. The molecule has 0 spiro atoms. The minimum absolute atomic E-state index is 0.0641. The third-order valence-electron chi connectivity index (χ3n) is 2.18. The molecular weight excluding hydrogens is 240 g/mol. The van der Waals surface area contributed by atoms with Crippen molar-refractivity contribution in [3.8, 4) is 5.75 Å². The summed E-state index contributed by atoms with van der Waals surface area (Å²) in [6, 6.07) is 4.59. The van der Waals surface area contributed by atoms with Gasteiger partial charge in [0.1, 0.15) is 6.61 Å². The number of hydrogen-bond acceptors (Lipinski definition) is 6. The predicted octanol–water partition coefficient (Wildman–Crippen LogP) is 0.441. The highest BCUT2D eigenvalue weighted by Crippen LogP contribution is 2.27. The average Bonchev–Trinajstić information content (AvgIpc) is 2.38. The molecule has 0 unspecified atom stereocenters. The van der Waals surface area contributed by atoms with E-state index in [1.54, 1.807) is 6.07 Å². The Bertz CT molecular complexity index is 397. The number of rotatable bonds is 8. The molecule has 7 heteroatoms. The first-order valence-electron chi connectivity index (χ1n) is 5.47. The van der Waals surface area contributed by atoms with Gasteiger partial charge in [-0.25, -0.2) is 0 Å². The summed E-state index contributed by atoms with van der Waals surface area (Å²) in [6.07, 6.45) is 0. The monoisotopic (exact) mass is 256 g/mol. The van der Waals surface area contributed by atoms with Crippen molar-refractivity contribution in [2.75, 3.05) is 26.4 Å². The Balaban J connectivity index is 2.61. The van der Waals surface area contributed by atoms with Crippen LogP contribution in [0.1, 0.15) is 5.56 Å². The predicted molar refractivity (Wildman–Crippen MR) is 64.4 cm³/mol. The summed E-state index contributed by atoms with van der Waals surface area (Å²) >= 11 is 0.